The highest BCUT2D eigenvalue weighted by atomic mass is 32.1. The molecule has 0 fully saturated rings. The lowest BCUT2D eigenvalue weighted by atomic mass is 10.2. The first-order chi connectivity index (χ1) is 14.9. The predicted octanol–water partition coefficient (Wildman–Crippen LogP) is 4.62. The first-order valence-corrected chi connectivity index (χ1v) is 10.0. The van der Waals surface area contributed by atoms with Crippen LogP contribution < -0.4 is 21.7 Å². The summed E-state index contributed by atoms with van der Waals surface area (Å²) in [5.74, 6) is -0.531. The number of urea groups is 1. The minimum absolute atomic E-state index is 0.246. The first kappa shape index (κ1) is 20.2. The van der Waals surface area contributed by atoms with Crippen LogP contribution in [0.2, 0.25) is 0 Å². The Balaban J connectivity index is 1.41. The molecule has 5 N–H and O–H groups in total. The summed E-state index contributed by atoms with van der Waals surface area (Å²) >= 11 is 1.31. The Kier molecular flexibility index (Phi) is 5.46. The van der Waals surface area contributed by atoms with Gasteiger partial charge in [0.15, 0.2) is 0 Å². The van der Waals surface area contributed by atoms with Gasteiger partial charge >= 0.3 is 6.03 Å². The monoisotopic (exact) mass is 436 g/mol. The molecule has 2 aromatic heterocycles. The van der Waals surface area contributed by atoms with E-state index in [0.29, 0.717) is 32.8 Å². The Bertz CT molecular complexity index is 1290. The number of nitrogen functional groups attached to an aromatic ring is 1. The average molecular weight is 436 g/mol. The molecule has 0 atom stereocenters. The van der Waals surface area contributed by atoms with Crippen LogP contribution in [0.4, 0.5) is 32.1 Å². The topological polar surface area (TPSA) is 122 Å². The number of halogens is 1. The van der Waals surface area contributed by atoms with Crippen LogP contribution in [0.1, 0.15) is 15.9 Å². The third-order valence-electron chi connectivity index (χ3n) is 4.49. The molecule has 0 spiro atoms. The van der Waals surface area contributed by atoms with Crippen molar-refractivity contribution >= 4 is 56.4 Å². The number of nitrogens with two attached hydrogens (primary N) is 1. The number of carbonyl (C=O) groups excluding carboxylic acids is 2. The molecular weight excluding hydrogens is 419 g/mol. The van der Waals surface area contributed by atoms with Gasteiger partial charge in [-0.2, -0.15) is 0 Å². The van der Waals surface area contributed by atoms with Gasteiger partial charge in [-0.3, -0.25) is 4.79 Å². The van der Waals surface area contributed by atoms with Crippen molar-refractivity contribution in [2.45, 2.75) is 6.92 Å². The number of benzene rings is 2. The van der Waals surface area contributed by atoms with Crippen LogP contribution in [0.5, 0.6) is 0 Å². The maximum Gasteiger partial charge on any atom is 0.323 e. The summed E-state index contributed by atoms with van der Waals surface area (Å²) in [6, 6.07) is 10.2. The molecule has 0 unspecified atom stereocenters. The molecule has 0 saturated heterocycles. The quantitative estimate of drug-likeness (QED) is 0.372. The maximum absolute atomic E-state index is 13.4. The lowest BCUT2D eigenvalue weighted by Gasteiger charge is -2.11. The summed E-state index contributed by atoms with van der Waals surface area (Å²) in [6.45, 7) is 1.77. The van der Waals surface area contributed by atoms with E-state index in [4.69, 9.17) is 5.73 Å². The Hall–Kier alpha value is -4.05. The third kappa shape index (κ3) is 4.43. The normalized spacial score (nSPS) is 10.6. The second-order valence-corrected chi connectivity index (χ2v) is 7.52. The van der Waals surface area contributed by atoms with Crippen molar-refractivity contribution in [2.24, 2.45) is 0 Å². The van der Waals surface area contributed by atoms with E-state index in [9.17, 15) is 14.0 Å². The zero-order chi connectivity index (χ0) is 22.0. The van der Waals surface area contributed by atoms with Crippen LogP contribution in [0.25, 0.3) is 10.2 Å². The number of hydrogen-bond donors (Lipinski definition) is 4. The van der Waals surface area contributed by atoms with Crippen molar-refractivity contribution in [3.05, 3.63) is 71.1 Å². The average Bonchev–Trinajstić information content (AvgIpc) is 3.18. The lowest BCUT2D eigenvalue weighted by molar-refractivity contribution is 0.102. The molecule has 0 saturated carbocycles. The molecule has 2 aromatic carbocycles. The van der Waals surface area contributed by atoms with E-state index in [1.54, 1.807) is 42.6 Å². The van der Waals surface area contributed by atoms with E-state index >= 15 is 0 Å². The van der Waals surface area contributed by atoms with Crippen molar-refractivity contribution in [3.63, 3.8) is 0 Å². The number of aryl methyl sites for hydroxylation is 1. The number of anilines is 4. The summed E-state index contributed by atoms with van der Waals surface area (Å²) in [6.07, 6.45) is 1.35. The zero-order valence-corrected chi connectivity index (χ0v) is 17.1. The van der Waals surface area contributed by atoms with E-state index in [-0.39, 0.29) is 11.7 Å². The molecule has 0 aliphatic carbocycles. The number of thiophene rings is 1. The minimum Gasteiger partial charge on any atom is -0.383 e. The summed E-state index contributed by atoms with van der Waals surface area (Å²) in [4.78, 5) is 33.5. The predicted molar refractivity (Wildman–Crippen MR) is 120 cm³/mol. The van der Waals surface area contributed by atoms with Crippen LogP contribution in [0.15, 0.2) is 54.2 Å². The fourth-order valence-corrected chi connectivity index (χ4v) is 3.81. The van der Waals surface area contributed by atoms with Crippen LogP contribution >= 0.6 is 11.3 Å². The number of fused-ring (bicyclic) bond motifs is 1. The number of nitrogens with one attached hydrogen (secondary N) is 3. The maximum atomic E-state index is 13.4. The largest absolute Gasteiger partial charge is 0.383 e. The Morgan fingerprint density at radius 1 is 1.00 bits per heavy atom. The lowest BCUT2D eigenvalue weighted by Crippen LogP contribution is -2.20. The summed E-state index contributed by atoms with van der Waals surface area (Å²) in [7, 11) is 0. The van der Waals surface area contributed by atoms with Gasteiger partial charge in [0, 0.05) is 22.4 Å². The first-order valence-electron chi connectivity index (χ1n) is 9.14. The van der Waals surface area contributed by atoms with Crippen LogP contribution in [-0.4, -0.2) is 21.9 Å². The van der Waals surface area contributed by atoms with E-state index in [1.165, 1.54) is 29.8 Å². The van der Waals surface area contributed by atoms with Crippen molar-refractivity contribution < 1.29 is 14.0 Å². The second-order valence-electron chi connectivity index (χ2n) is 6.66. The molecular formula is C21H17FN6O2S. The van der Waals surface area contributed by atoms with E-state index in [2.05, 4.69) is 25.9 Å². The van der Waals surface area contributed by atoms with Crippen molar-refractivity contribution in [2.75, 3.05) is 21.7 Å². The number of aromatic nitrogens is 2. The Labute approximate surface area is 180 Å². The SMILES string of the molecule is Cc1ccc(F)cc1NC(=O)Nc1ccc(NC(=O)c2csc3ncnc(N)c23)cc1. The number of hydrogen-bond acceptors (Lipinski definition) is 6. The molecule has 31 heavy (non-hydrogen) atoms. The molecule has 0 aliphatic rings. The van der Waals surface area contributed by atoms with Crippen LogP contribution in [-0.2, 0) is 0 Å². The van der Waals surface area contributed by atoms with Crippen molar-refractivity contribution in [1.82, 2.24) is 9.97 Å². The van der Waals surface area contributed by atoms with E-state index < -0.39 is 11.8 Å². The van der Waals surface area contributed by atoms with Crippen molar-refractivity contribution in [1.29, 1.82) is 0 Å². The van der Waals surface area contributed by atoms with E-state index in [1.807, 2.05) is 0 Å². The molecule has 4 rings (SSSR count). The van der Waals surface area contributed by atoms with E-state index in [0.717, 1.165) is 5.56 Å². The standard InChI is InChI=1S/C21H17FN6O2S/c1-11-2-3-12(22)8-16(11)28-21(30)27-14-6-4-13(5-7-14)26-19(29)15-9-31-20-17(15)18(23)24-10-25-20/h2-10H,1H3,(H,26,29)(H2,23,24,25)(H2,27,28,30). The molecule has 0 radical (unpaired) electrons. The molecule has 0 aliphatic heterocycles. The fraction of sp³-hybridized carbons (Fsp3) is 0.0476. The minimum atomic E-state index is -0.509. The Morgan fingerprint density at radius 3 is 2.45 bits per heavy atom. The number of amides is 3. The molecule has 4 aromatic rings. The van der Waals surface area contributed by atoms with Gasteiger partial charge in [-0.25, -0.2) is 19.2 Å². The van der Waals surface area contributed by atoms with Crippen LogP contribution in [0, 0.1) is 12.7 Å². The fourth-order valence-electron chi connectivity index (χ4n) is 2.91. The molecule has 156 valence electrons. The van der Waals surface area contributed by atoms with Gasteiger partial charge in [-0.05, 0) is 48.9 Å². The van der Waals surface area contributed by atoms with Gasteiger partial charge in [0.1, 0.15) is 22.8 Å². The molecule has 2 heterocycles. The van der Waals surface area contributed by atoms with Gasteiger partial charge in [-0.15, -0.1) is 11.3 Å². The van der Waals surface area contributed by atoms with Crippen LogP contribution in [0.3, 0.4) is 0 Å². The van der Waals surface area contributed by atoms with Gasteiger partial charge in [-0.1, -0.05) is 6.07 Å². The second kappa shape index (κ2) is 8.36. The van der Waals surface area contributed by atoms with Gasteiger partial charge < -0.3 is 21.7 Å². The van der Waals surface area contributed by atoms with Crippen molar-refractivity contribution in [3.8, 4) is 0 Å². The van der Waals surface area contributed by atoms with Gasteiger partial charge in [0.2, 0.25) is 0 Å². The van der Waals surface area contributed by atoms with Gasteiger partial charge in [0.25, 0.3) is 5.91 Å². The third-order valence-corrected chi connectivity index (χ3v) is 5.38. The highest BCUT2D eigenvalue weighted by Gasteiger charge is 2.16. The highest BCUT2D eigenvalue weighted by molar-refractivity contribution is 7.17. The summed E-state index contributed by atoms with van der Waals surface area (Å²) in [5, 5.41) is 10.3. The summed E-state index contributed by atoms with van der Waals surface area (Å²) in [5.41, 5.74) is 8.43. The number of rotatable bonds is 4. The molecule has 8 nitrogen and oxygen atoms in total. The smallest absolute Gasteiger partial charge is 0.323 e. The number of carbonyl (C=O) groups is 2. The molecule has 0 bridgehead atoms. The molecule has 10 heteroatoms. The zero-order valence-electron chi connectivity index (χ0n) is 16.3. The summed E-state index contributed by atoms with van der Waals surface area (Å²) < 4.78 is 13.4. The number of nitrogens with zero attached hydrogens (tertiary/aromatic N) is 2. The Morgan fingerprint density at radius 2 is 1.71 bits per heavy atom. The highest BCUT2D eigenvalue weighted by Crippen LogP contribution is 2.28. The van der Waals surface area contributed by atoms with Gasteiger partial charge in [0.05, 0.1) is 10.9 Å². The molecule has 3 amide bonds.